The van der Waals surface area contributed by atoms with Gasteiger partial charge in [0.1, 0.15) is 6.04 Å². The van der Waals surface area contributed by atoms with Crippen molar-refractivity contribution in [1.82, 2.24) is 10.2 Å². The molecule has 4 atom stereocenters. The van der Waals surface area contributed by atoms with Gasteiger partial charge in [-0.25, -0.2) is 9.59 Å². The smallest absolute Gasteiger partial charge is 0.326 e. The number of carboxylic acids is 1. The molecule has 4 unspecified atom stereocenters. The number of carboxylic acid groups (broad SMARTS) is 1. The summed E-state index contributed by atoms with van der Waals surface area (Å²) in [5.41, 5.74) is 0. The number of amides is 2. The van der Waals surface area contributed by atoms with Crippen LogP contribution in [-0.2, 0) is 4.79 Å². The third kappa shape index (κ3) is 4.11. The van der Waals surface area contributed by atoms with Crippen LogP contribution in [0.15, 0.2) is 0 Å². The molecule has 2 amide bonds. The van der Waals surface area contributed by atoms with Crippen LogP contribution in [0.25, 0.3) is 0 Å². The Morgan fingerprint density at radius 3 is 2.67 bits per heavy atom. The molecule has 0 aromatic rings. The van der Waals surface area contributed by atoms with Crippen LogP contribution in [0, 0.1) is 17.8 Å². The van der Waals surface area contributed by atoms with E-state index in [1.807, 2.05) is 6.92 Å². The quantitative estimate of drug-likeness (QED) is 0.838. The number of hydrogen-bond donors (Lipinski definition) is 2. The number of aliphatic carboxylic acids is 1. The van der Waals surface area contributed by atoms with Gasteiger partial charge in [0, 0.05) is 13.1 Å². The molecule has 5 heteroatoms. The first-order valence-electron chi connectivity index (χ1n) is 8.26. The van der Waals surface area contributed by atoms with Crippen LogP contribution in [0.4, 0.5) is 4.79 Å². The van der Waals surface area contributed by atoms with E-state index in [0.29, 0.717) is 19.0 Å². The highest BCUT2D eigenvalue weighted by Crippen LogP contribution is 2.30. The Kier molecular flexibility index (Phi) is 5.48. The van der Waals surface area contributed by atoms with Crippen molar-refractivity contribution in [2.45, 2.75) is 58.4 Å². The lowest BCUT2D eigenvalue weighted by Crippen LogP contribution is -2.47. The number of likely N-dealkylation sites (tertiary alicyclic amines) is 1. The molecule has 1 saturated carbocycles. The molecule has 2 rings (SSSR count). The Bertz CT molecular complexity index is 386. The molecule has 1 aliphatic carbocycles. The predicted molar refractivity (Wildman–Crippen MR) is 81.0 cm³/mol. The highest BCUT2D eigenvalue weighted by Gasteiger charge is 2.39. The van der Waals surface area contributed by atoms with Crippen molar-refractivity contribution < 1.29 is 14.7 Å². The lowest BCUT2D eigenvalue weighted by atomic mass is 9.81. The Morgan fingerprint density at radius 2 is 2.00 bits per heavy atom. The average Bonchev–Trinajstić information content (AvgIpc) is 2.81. The van der Waals surface area contributed by atoms with Gasteiger partial charge in [-0.3, -0.25) is 0 Å². The van der Waals surface area contributed by atoms with Gasteiger partial charge in [0.15, 0.2) is 0 Å². The first-order valence-corrected chi connectivity index (χ1v) is 8.26. The standard InChI is InChI=1S/C16H28N2O3/c1-11-4-3-5-13(10-11)6-8-17-16(21)18-9-7-12(2)14(18)15(19)20/h11-14H,3-10H2,1-2H3,(H,17,21)(H,19,20). The van der Waals surface area contributed by atoms with Gasteiger partial charge in [-0.05, 0) is 37.0 Å². The fourth-order valence-corrected chi connectivity index (χ4v) is 3.86. The summed E-state index contributed by atoms with van der Waals surface area (Å²) in [5, 5.41) is 12.2. The number of carbonyl (C=O) groups is 2. The van der Waals surface area contributed by atoms with Crippen LogP contribution >= 0.6 is 0 Å². The Labute approximate surface area is 127 Å². The van der Waals surface area contributed by atoms with E-state index in [4.69, 9.17) is 0 Å². The largest absolute Gasteiger partial charge is 0.480 e. The van der Waals surface area contributed by atoms with Gasteiger partial charge < -0.3 is 15.3 Å². The molecule has 1 saturated heterocycles. The molecule has 0 bridgehead atoms. The molecular weight excluding hydrogens is 268 g/mol. The summed E-state index contributed by atoms with van der Waals surface area (Å²) in [5.74, 6) is 0.654. The summed E-state index contributed by atoms with van der Waals surface area (Å²) < 4.78 is 0. The van der Waals surface area contributed by atoms with E-state index < -0.39 is 12.0 Å². The first-order chi connectivity index (χ1) is 9.99. The Morgan fingerprint density at radius 1 is 1.24 bits per heavy atom. The average molecular weight is 296 g/mol. The van der Waals surface area contributed by atoms with Crippen LogP contribution in [0.2, 0.25) is 0 Å². The first kappa shape index (κ1) is 16.1. The van der Waals surface area contributed by atoms with E-state index in [2.05, 4.69) is 12.2 Å². The zero-order valence-electron chi connectivity index (χ0n) is 13.2. The van der Waals surface area contributed by atoms with E-state index in [1.165, 1.54) is 30.6 Å². The summed E-state index contributed by atoms with van der Waals surface area (Å²) >= 11 is 0. The number of nitrogens with zero attached hydrogens (tertiary/aromatic N) is 1. The minimum atomic E-state index is -0.892. The maximum absolute atomic E-state index is 12.2. The zero-order valence-corrected chi connectivity index (χ0v) is 13.2. The molecule has 5 nitrogen and oxygen atoms in total. The maximum Gasteiger partial charge on any atom is 0.326 e. The van der Waals surface area contributed by atoms with Gasteiger partial charge in [0.25, 0.3) is 0 Å². The number of hydrogen-bond acceptors (Lipinski definition) is 2. The summed E-state index contributed by atoms with van der Waals surface area (Å²) in [6.07, 6.45) is 6.92. The highest BCUT2D eigenvalue weighted by atomic mass is 16.4. The molecule has 2 N–H and O–H groups in total. The monoisotopic (exact) mass is 296 g/mol. The number of carbonyl (C=O) groups excluding carboxylic acids is 1. The van der Waals surface area contributed by atoms with Crippen LogP contribution in [0.1, 0.15) is 52.4 Å². The second kappa shape index (κ2) is 7.14. The van der Waals surface area contributed by atoms with E-state index in [-0.39, 0.29) is 11.9 Å². The van der Waals surface area contributed by atoms with Gasteiger partial charge in [0.05, 0.1) is 0 Å². The number of nitrogens with one attached hydrogen (secondary N) is 1. The van der Waals surface area contributed by atoms with Crippen molar-refractivity contribution in [3.8, 4) is 0 Å². The van der Waals surface area contributed by atoms with Gasteiger partial charge in [-0.15, -0.1) is 0 Å². The van der Waals surface area contributed by atoms with E-state index in [0.717, 1.165) is 18.8 Å². The minimum absolute atomic E-state index is 0.0347. The molecule has 1 aliphatic heterocycles. The molecule has 0 aromatic carbocycles. The van der Waals surface area contributed by atoms with E-state index in [1.54, 1.807) is 0 Å². The van der Waals surface area contributed by atoms with Crippen molar-refractivity contribution in [2.75, 3.05) is 13.1 Å². The number of urea groups is 1. The molecule has 1 heterocycles. The number of rotatable bonds is 4. The molecule has 120 valence electrons. The molecule has 0 radical (unpaired) electrons. The SMILES string of the molecule is CC1CCCC(CCNC(=O)N2CCC(C)C2C(=O)O)C1. The molecule has 2 aliphatic rings. The van der Waals surface area contributed by atoms with Crippen LogP contribution in [0.3, 0.4) is 0 Å². The Balaban J connectivity index is 1.75. The van der Waals surface area contributed by atoms with E-state index >= 15 is 0 Å². The fraction of sp³-hybridized carbons (Fsp3) is 0.875. The lowest BCUT2D eigenvalue weighted by molar-refractivity contribution is -0.142. The Hall–Kier alpha value is -1.26. The lowest BCUT2D eigenvalue weighted by Gasteiger charge is -2.27. The molecular formula is C16H28N2O3. The van der Waals surface area contributed by atoms with Crippen LogP contribution in [0.5, 0.6) is 0 Å². The normalized spacial score (nSPS) is 33.0. The minimum Gasteiger partial charge on any atom is -0.480 e. The van der Waals surface area contributed by atoms with Gasteiger partial charge in [-0.2, -0.15) is 0 Å². The second-order valence-electron chi connectivity index (χ2n) is 6.90. The summed E-state index contributed by atoms with van der Waals surface area (Å²) in [6, 6.07) is -0.879. The molecule has 0 spiro atoms. The van der Waals surface area contributed by atoms with Crippen molar-refractivity contribution >= 4 is 12.0 Å². The third-order valence-electron chi connectivity index (χ3n) is 5.09. The predicted octanol–water partition coefficient (Wildman–Crippen LogP) is 2.71. The van der Waals surface area contributed by atoms with Crippen LogP contribution < -0.4 is 5.32 Å². The van der Waals surface area contributed by atoms with Crippen molar-refractivity contribution in [3.05, 3.63) is 0 Å². The third-order valence-corrected chi connectivity index (χ3v) is 5.09. The summed E-state index contributed by atoms with van der Waals surface area (Å²) in [7, 11) is 0. The van der Waals surface area contributed by atoms with Crippen molar-refractivity contribution in [1.29, 1.82) is 0 Å². The highest BCUT2D eigenvalue weighted by molar-refractivity contribution is 5.83. The maximum atomic E-state index is 12.2. The zero-order chi connectivity index (χ0) is 15.4. The molecule has 21 heavy (non-hydrogen) atoms. The van der Waals surface area contributed by atoms with Gasteiger partial charge in [0.2, 0.25) is 0 Å². The topological polar surface area (TPSA) is 69.6 Å². The van der Waals surface area contributed by atoms with Gasteiger partial charge in [-0.1, -0.05) is 33.1 Å². The molecule has 0 aromatic heterocycles. The fourth-order valence-electron chi connectivity index (χ4n) is 3.86. The second-order valence-corrected chi connectivity index (χ2v) is 6.90. The summed E-state index contributed by atoms with van der Waals surface area (Å²) in [6.45, 7) is 5.40. The molecule has 2 fully saturated rings. The van der Waals surface area contributed by atoms with Crippen molar-refractivity contribution in [3.63, 3.8) is 0 Å². The van der Waals surface area contributed by atoms with Crippen molar-refractivity contribution in [2.24, 2.45) is 17.8 Å². The van der Waals surface area contributed by atoms with Crippen LogP contribution in [-0.4, -0.2) is 41.1 Å². The van der Waals surface area contributed by atoms with E-state index in [9.17, 15) is 14.7 Å². The van der Waals surface area contributed by atoms with Gasteiger partial charge >= 0.3 is 12.0 Å². The summed E-state index contributed by atoms with van der Waals surface area (Å²) in [4.78, 5) is 24.9.